The van der Waals surface area contributed by atoms with E-state index >= 15 is 0 Å². The number of hydrogen-bond acceptors (Lipinski definition) is 6. The monoisotopic (exact) mass is 568 g/mol. The number of alkyl halides is 2. The lowest BCUT2D eigenvalue weighted by Crippen LogP contribution is -2.47. The van der Waals surface area contributed by atoms with E-state index in [0.29, 0.717) is 44.3 Å². The summed E-state index contributed by atoms with van der Waals surface area (Å²) < 4.78 is 28.2. The fraction of sp³-hybridized carbons (Fsp3) is 0.296. The molecule has 40 heavy (non-hydrogen) atoms. The number of hydrogen-bond donors (Lipinski definition) is 3. The summed E-state index contributed by atoms with van der Waals surface area (Å²) in [6, 6.07) is 10.8. The van der Waals surface area contributed by atoms with Crippen molar-refractivity contribution >= 4 is 23.5 Å². The Morgan fingerprint density at radius 1 is 1.20 bits per heavy atom. The molecule has 1 atom stereocenters. The van der Waals surface area contributed by atoms with Crippen LogP contribution in [0.4, 0.5) is 8.78 Å². The molecule has 0 aliphatic heterocycles. The predicted octanol–water partition coefficient (Wildman–Crippen LogP) is 4.91. The number of nitrogens with zero attached hydrogens (tertiary/aromatic N) is 6. The molecular formula is C27H27ClF2N8O2. The van der Waals surface area contributed by atoms with E-state index in [1.807, 2.05) is 4.68 Å². The van der Waals surface area contributed by atoms with Crippen molar-refractivity contribution in [2.45, 2.75) is 38.4 Å². The van der Waals surface area contributed by atoms with Crippen molar-refractivity contribution in [3.8, 4) is 22.5 Å². The number of aliphatic hydroxyl groups is 1. The van der Waals surface area contributed by atoms with Crippen LogP contribution in [0.15, 0.2) is 61.2 Å². The first-order chi connectivity index (χ1) is 19.3. The van der Waals surface area contributed by atoms with Gasteiger partial charge in [-0.1, -0.05) is 29.8 Å². The minimum atomic E-state index is -2.76. The second-order valence-corrected chi connectivity index (χ2v) is 9.72. The van der Waals surface area contributed by atoms with Crippen LogP contribution < -0.4 is 5.32 Å². The summed E-state index contributed by atoms with van der Waals surface area (Å²) in [5, 5.41) is 30.4. The molecule has 0 bridgehead atoms. The zero-order valence-corrected chi connectivity index (χ0v) is 22.3. The number of benzene rings is 2. The van der Waals surface area contributed by atoms with E-state index in [9.17, 15) is 18.7 Å². The Balaban J connectivity index is 1.47. The fourth-order valence-corrected chi connectivity index (χ4v) is 4.68. The maximum Gasteiger partial charge on any atom is 0.333 e. The van der Waals surface area contributed by atoms with E-state index in [4.69, 9.17) is 17.0 Å². The molecular weight excluding hydrogens is 542 g/mol. The van der Waals surface area contributed by atoms with Crippen molar-refractivity contribution in [3.63, 3.8) is 0 Å². The summed E-state index contributed by atoms with van der Waals surface area (Å²) in [6.07, 6.45) is 6.02. The molecule has 4 aromatic rings. The van der Waals surface area contributed by atoms with Crippen molar-refractivity contribution in [2.24, 2.45) is 0 Å². The van der Waals surface area contributed by atoms with Crippen LogP contribution in [-0.2, 0) is 0 Å². The van der Waals surface area contributed by atoms with Crippen LogP contribution >= 0.6 is 11.6 Å². The average molecular weight is 569 g/mol. The molecule has 1 fully saturated rings. The van der Waals surface area contributed by atoms with Gasteiger partial charge < -0.3 is 10.4 Å². The van der Waals surface area contributed by atoms with Crippen LogP contribution in [0.5, 0.6) is 0 Å². The van der Waals surface area contributed by atoms with Gasteiger partial charge in [-0.15, -0.1) is 0 Å². The Morgan fingerprint density at radius 2 is 1.95 bits per heavy atom. The van der Waals surface area contributed by atoms with Gasteiger partial charge in [-0.3, -0.25) is 15.1 Å². The number of halogens is 3. The van der Waals surface area contributed by atoms with Gasteiger partial charge in [0.1, 0.15) is 6.33 Å². The van der Waals surface area contributed by atoms with E-state index in [0.717, 1.165) is 12.8 Å². The lowest BCUT2D eigenvalue weighted by atomic mass is 10.0. The normalized spacial score (nSPS) is 13.8. The molecule has 0 spiro atoms. The van der Waals surface area contributed by atoms with Crippen LogP contribution in [0.3, 0.4) is 0 Å². The van der Waals surface area contributed by atoms with Gasteiger partial charge >= 0.3 is 6.55 Å². The highest BCUT2D eigenvalue weighted by atomic mass is 35.5. The molecule has 2 heterocycles. The number of carbonyl (C=O) groups excluding carboxylic acids is 1. The summed E-state index contributed by atoms with van der Waals surface area (Å²) in [5.41, 5.74) is 2.47. The number of guanidine groups is 1. The summed E-state index contributed by atoms with van der Waals surface area (Å²) in [6.45, 7) is -1.05. The number of nitrogens with one attached hydrogen (secondary N) is 2. The Morgan fingerprint density at radius 3 is 2.58 bits per heavy atom. The molecule has 0 saturated heterocycles. The van der Waals surface area contributed by atoms with Crippen molar-refractivity contribution in [1.82, 2.24) is 34.8 Å². The largest absolute Gasteiger partial charge is 0.394 e. The Bertz CT molecular complexity index is 1520. The third-order valence-corrected chi connectivity index (χ3v) is 6.97. The molecule has 3 N–H and O–H groups in total. The van der Waals surface area contributed by atoms with E-state index in [1.54, 1.807) is 49.4 Å². The van der Waals surface area contributed by atoms with E-state index < -0.39 is 25.1 Å². The molecule has 1 aliphatic carbocycles. The predicted molar refractivity (Wildman–Crippen MR) is 145 cm³/mol. The standard InChI is InChI=1S/C27H27ClF2N8O2/c1-2-32-27(31)37(25(40)17-5-3-16(4-6-17)19-12-34-36(13-19)26(29)30)23(14-39)18-7-10-22(28)21(11-18)24-33-15-35-38(24)20-8-9-20/h3-7,10-13,15,20,23,26,39H,2,8-9,14H2,1H3,(H2,31,32)/t23-/m1/s1. The molecule has 5 rings (SSSR count). The lowest BCUT2D eigenvalue weighted by Gasteiger charge is -2.31. The summed E-state index contributed by atoms with van der Waals surface area (Å²) in [5.74, 6) is -0.125. The molecule has 0 radical (unpaired) electrons. The van der Waals surface area contributed by atoms with Crippen molar-refractivity contribution in [3.05, 3.63) is 77.3 Å². The fourth-order valence-electron chi connectivity index (χ4n) is 4.48. The molecule has 208 valence electrons. The Kier molecular flexibility index (Phi) is 7.90. The lowest BCUT2D eigenvalue weighted by molar-refractivity contribution is 0.0566. The highest BCUT2D eigenvalue weighted by molar-refractivity contribution is 6.33. The van der Waals surface area contributed by atoms with Crippen molar-refractivity contribution in [1.29, 1.82) is 5.41 Å². The van der Waals surface area contributed by atoms with Crippen LogP contribution in [0.25, 0.3) is 22.5 Å². The second kappa shape index (κ2) is 11.5. The smallest absolute Gasteiger partial charge is 0.333 e. The van der Waals surface area contributed by atoms with Gasteiger partial charge in [0, 0.05) is 29.4 Å². The number of aliphatic hydroxyl groups excluding tert-OH is 1. The number of rotatable bonds is 9. The first kappa shape index (κ1) is 27.4. The van der Waals surface area contributed by atoms with Crippen LogP contribution in [0.2, 0.25) is 5.02 Å². The topological polar surface area (TPSA) is 125 Å². The van der Waals surface area contributed by atoms with Crippen LogP contribution in [-0.4, -0.2) is 59.6 Å². The minimum Gasteiger partial charge on any atom is -0.394 e. The number of carbonyl (C=O) groups is 1. The molecule has 1 aliphatic rings. The second-order valence-electron chi connectivity index (χ2n) is 9.32. The number of aromatic nitrogens is 5. The zero-order valence-electron chi connectivity index (χ0n) is 21.5. The van der Waals surface area contributed by atoms with Gasteiger partial charge in [0.15, 0.2) is 11.8 Å². The van der Waals surface area contributed by atoms with E-state index in [2.05, 4.69) is 20.5 Å². The molecule has 1 amide bonds. The summed E-state index contributed by atoms with van der Waals surface area (Å²) in [4.78, 5) is 19.4. The Hall–Kier alpha value is -4.16. The Labute approximate surface area is 233 Å². The average Bonchev–Trinajstić information content (AvgIpc) is 3.46. The van der Waals surface area contributed by atoms with Gasteiger partial charge in [0.25, 0.3) is 5.91 Å². The molecule has 10 nitrogen and oxygen atoms in total. The van der Waals surface area contributed by atoms with Crippen LogP contribution in [0, 0.1) is 5.41 Å². The summed E-state index contributed by atoms with van der Waals surface area (Å²) in [7, 11) is 0. The SMILES string of the molecule is CCNC(=N)N(C(=O)c1ccc(-c2cnn(C(F)F)c2)cc1)[C@H](CO)c1ccc(Cl)c(-c2ncnn2C2CC2)c1. The van der Waals surface area contributed by atoms with Gasteiger partial charge in [-0.05, 0) is 55.2 Å². The van der Waals surface area contributed by atoms with Crippen molar-refractivity contribution < 1.29 is 18.7 Å². The maximum absolute atomic E-state index is 13.8. The summed E-state index contributed by atoms with van der Waals surface area (Å²) >= 11 is 6.54. The first-order valence-electron chi connectivity index (χ1n) is 12.7. The molecule has 2 aromatic carbocycles. The van der Waals surface area contributed by atoms with Crippen LogP contribution in [0.1, 0.15) is 54.3 Å². The van der Waals surface area contributed by atoms with Gasteiger partial charge in [0.05, 0.1) is 29.9 Å². The van der Waals surface area contributed by atoms with E-state index in [1.165, 1.54) is 23.6 Å². The third-order valence-electron chi connectivity index (χ3n) is 6.64. The highest BCUT2D eigenvalue weighted by Crippen LogP contribution is 2.39. The first-order valence-corrected chi connectivity index (χ1v) is 13.1. The van der Waals surface area contributed by atoms with Gasteiger partial charge in [-0.25, -0.2) is 14.3 Å². The highest BCUT2D eigenvalue weighted by Gasteiger charge is 2.32. The van der Waals surface area contributed by atoms with Gasteiger partial charge in [0.2, 0.25) is 0 Å². The molecule has 1 saturated carbocycles. The minimum absolute atomic E-state index is 0.188. The van der Waals surface area contributed by atoms with E-state index in [-0.39, 0.29) is 17.6 Å². The van der Waals surface area contributed by atoms with Crippen molar-refractivity contribution in [2.75, 3.05) is 13.2 Å². The number of amides is 1. The maximum atomic E-state index is 13.8. The molecule has 13 heteroatoms. The molecule has 0 unspecified atom stereocenters. The van der Waals surface area contributed by atoms with Gasteiger partial charge in [-0.2, -0.15) is 19.0 Å². The third kappa shape index (κ3) is 5.45. The molecule has 2 aromatic heterocycles. The zero-order chi connectivity index (χ0) is 28.4. The quantitative estimate of drug-likeness (QED) is 0.195.